The average molecular weight is 378 g/mol. The summed E-state index contributed by atoms with van der Waals surface area (Å²) in [5.74, 6) is -0.766. The van der Waals surface area contributed by atoms with Gasteiger partial charge in [0.2, 0.25) is 0 Å². The van der Waals surface area contributed by atoms with Gasteiger partial charge in [-0.2, -0.15) is 10.7 Å². The molecule has 0 heterocycles. The lowest BCUT2D eigenvalue weighted by atomic mass is 9.72. The molecular formula is C23H26N2O3. The van der Waals surface area contributed by atoms with Crippen LogP contribution >= 0.6 is 0 Å². The molecule has 2 aromatic rings. The minimum Gasteiger partial charge on any atom is -0.341 e. The second kappa shape index (κ2) is 10.9. The first-order valence-corrected chi connectivity index (χ1v) is 9.63. The molecule has 0 atom stereocenters. The SMILES string of the molecule is CCC(=O)ONC(=O)CCCCCC(C#N)(c1ccccc1)c1ccccc1. The lowest BCUT2D eigenvalue weighted by molar-refractivity contribution is -0.158. The Balaban J connectivity index is 1.95. The summed E-state index contributed by atoms with van der Waals surface area (Å²) in [5, 5.41) is 10.1. The van der Waals surface area contributed by atoms with Gasteiger partial charge in [-0.1, -0.05) is 80.4 Å². The normalized spacial score (nSPS) is 10.7. The highest BCUT2D eigenvalue weighted by Gasteiger charge is 2.33. The Morgan fingerprint density at radius 3 is 2.04 bits per heavy atom. The van der Waals surface area contributed by atoms with Gasteiger partial charge >= 0.3 is 5.97 Å². The first-order chi connectivity index (χ1) is 13.6. The van der Waals surface area contributed by atoms with E-state index in [4.69, 9.17) is 0 Å². The van der Waals surface area contributed by atoms with Crippen molar-refractivity contribution in [3.05, 3.63) is 71.8 Å². The van der Waals surface area contributed by atoms with E-state index in [1.165, 1.54) is 0 Å². The molecule has 0 aromatic heterocycles. The zero-order chi connectivity index (χ0) is 20.2. The molecule has 28 heavy (non-hydrogen) atoms. The third-order valence-electron chi connectivity index (χ3n) is 4.75. The smallest absolute Gasteiger partial charge is 0.331 e. The Hall–Kier alpha value is -3.13. The largest absolute Gasteiger partial charge is 0.341 e. The topological polar surface area (TPSA) is 79.2 Å². The minimum atomic E-state index is -0.707. The molecule has 0 saturated carbocycles. The number of nitrogens with zero attached hydrogens (tertiary/aromatic N) is 1. The maximum absolute atomic E-state index is 11.7. The number of unbranched alkanes of at least 4 members (excludes halogenated alkanes) is 2. The van der Waals surface area contributed by atoms with Crippen LogP contribution in [0.15, 0.2) is 60.7 Å². The zero-order valence-corrected chi connectivity index (χ0v) is 16.2. The molecule has 146 valence electrons. The van der Waals surface area contributed by atoms with E-state index in [0.717, 1.165) is 24.0 Å². The number of rotatable bonds is 9. The molecule has 0 spiro atoms. The van der Waals surface area contributed by atoms with Gasteiger partial charge in [-0.15, -0.1) is 0 Å². The van der Waals surface area contributed by atoms with Crippen LogP contribution in [0, 0.1) is 11.3 Å². The van der Waals surface area contributed by atoms with Gasteiger partial charge in [-0.05, 0) is 24.0 Å². The standard InChI is InChI=1S/C23H26N2O3/c1-2-22(27)28-25-21(26)16-10-5-11-17-23(18-24,19-12-6-3-7-13-19)20-14-8-4-9-15-20/h3-4,6-9,12-15H,2,5,10-11,16-17H2,1H3,(H,25,26). The Labute approximate surface area is 166 Å². The number of benzene rings is 2. The van der Waals surface area contributed by atoms with Gasteiger partial charge in [0.25, 0.3) is 5.91 Å². The first kappa shape index (κ1) is 21.2. The van der Waals surface area contributed by atoms with E-state index in [2.05, 4.69) is 16.4 Å². The van der Waals surface area contributed by atoms with Crippen LogP contribution < -0.4 is 5.48 Å². The third kappa shape index (κ3) is 5.68. The molecule has 5 nitrogen and oxygen atoms in total. The average Bonchev–Trinajstić information content (AvgIpc) is 2.76. The molecule has 2 rings (SSSR count). The molecule has 0 fully saturated rings. The van der Waals surface area contributed by atoms with E-state index in [9.17, 15) is 14.9 Å². The predicted octanol–water partition coefficient (Wildman–Crippen LogP) is 4.43. The molecular weight excluding hydrogens is 352 g/mol. The lowest BCUT2D eigenvalue weighted by Crippen LogP contribution is -2.27. The number of carbonyl (C=O) groups is 2. The van der Waals surface area contributed by atoms with Gasteiger partial charge in [0.15, 0.2) is 0 Å². The van der Waals surface area contributed by atoms with Crippen molar-refractivity contribution in [3.63, 3.8) is 0 Å². The molecule has 0 aliphatic carbocycles. The van der Waals surface area contributed by atoms with Crippen molar-refractivity contribution in [1.29, 1.82) is 5.26 Å². The highest BCUT2D eigenvalue weighted by molar-refractivity contribution is 5.77. The predicted molar refractivity (Wildman–Crippen MR) is 107 cm³/mol. The van der Waals surface area contributed by atoms with Crippen molar-refractivity contribution in [2.45, 2.75) is 50.9 Å². The summed E-state index contributed by atoms with van der Waals surface area (Å²) in [7, 11) is 0. The fourth-order valence-electron chi connectivity index (χ4n) is 3.18. The summed E-state index contributed by atoms with van der Waals surface area (Å²) in [5.41, 5.74) is 3.41. The van der Waals surface area contributed by atoms with Gasteiger partial charge < -0.3 is 4.84 Å². The van der Waals surface area contributed by atoms with Gasteiger partial charge in [-0.25, -0.2) is 4.79 Å². The van der Waals surface area contributed by atoms with E-state index < -0.39 is 11.4 Å². The molecule has 0 unspecified atom stereocenters. The molecule has 0 aliphatic heterocycles. The number of nitriles is 1. The maximum atomic E-state index is 11.7. The van der Waals surface area contributed by atoms with E-state index in [1.54, 1.807) is 6.92 Å². The van der Waals surface area contributed by atoms with Crippen LogP contribution in [0.2, 0.25) is 0 Å². The molecule has 1 N–H and O–H groups in total. The van der Waals surface area contributed by atoms with Gasteiger partial charge in [0.1, 0.15) is 5.41 Å². The maximum Gasteiger partial charge on any atom is 0.331 e. The van der Waals surface area contributed by atoms with Crippen molar-refractivity contribution >= 4 is 11.9 Å². The van der Waals surface area contributed by atoms with E-state index in [-0.39, 0.29) is 18.7 Å². The molecule has 1 amide bonds. The van der Waals surface area contributed by atoms with E-state index in [0.29, 0.717) is 12.8 Å². The Morgan fingerprint density at radius 1 is 0.964 bits per heavy atom. The fourth-order valence-corrected chi connectivity index (χ4v) is 3.18. The summed E-state index contributed by atoms with van der Waals surface area (Å²) >= 11 is 0. The molecule has 0 saturated heterocycles. The van der Waals surface area contributed by atoms with E-state index in [1.807, 2.05) is 60.7 Å². The molecule has 0 aliphatic rings. The van der Waals surface area contributed by atoms with Gasteiger partial charge in [-0.3, -0.25) is 4.79 Å². The number of hydrogen-bond donors (Lipinski definition) is 1. The van der Waals surface area contributed by atoms with Crippen LogP contribution in [0.5, 0.6) is 0 Å². The number of amides is 1. The Kier molecular flexibility index (Phi) is 8.23. The van der Waals surface area contributed by atoms with Crippen LogP contribution in [0.3, 0.4) is 0 Å². The molecule has 0 bridgehead atoms. The first-order valence-electron chi connectivity index (χ1n) is 9.63. The third-order valence-corrected chi connectivity index (χ3v) is 4.75. The van der Waals surface area contributed by atoms with Crippen LogP contribution in [0.25, 0.3) is 0 Å². The summed E-state index contributed by atoms with van der Waals surface area (Å²) in [6.07, 6.45) is 3.45. The Morgan fingerprint density at radius 2 is 1.54 bits per heavy atom. The molecule has 0 radical (unpaired) electrons. The van der Waals surface area contributed by atoms with Crippen LogP contribution in [-0.2, 0) is 19.8 Å². The number of hydrogen-bond acceptors (Lipinski definition) is 4. The van der Waals surface area contributed by atoms with Crippen molar-refractivity contribution < 1.29 is 14.4 Å². The van der Waals surface area contributed by atoms with Crippen molar-refractivity contribution in [2.24, 2.45) is 0 Å². The summed E-state index contributed by atoms with van der Waals surface area (Å²) in [4.78, 5) is 27.3. The highest BCUT2D eigenvalue weighted by atomic mass is 16.7. The summed E-state index contributed by atoms with van der Waals surface area (Å²) in [6.45, 7) is 1.66. The highest BCUT2D eigenvalue weighted by Crippen LogP contribution is 2.36. The minimum absolute atomic E-state index is 0.218. The number of hydroxylamine groups is 1. The summed E-state index contributed by atoms with van der Waals surface area (Å²) < 4.78 is 0. The van der Waals surface area contributed by atoms with Crippen molar-refractivity contribution in [1.82, 2.24) is 5.48 Å². The van der Waals surface area contributed by atoms with Gasteiger partial charge in [0, 0.05) is 12.8 Å². The zero-order valence-electron chi connectivity index (χ0n) is 16.2. The number of nitrogens with one attached hydrogen (secondary N) is 1. The Bertz CT molecular complexity index is 758. The monoisotopic (exact) mass is 378 g/mol. The molecule has 2 aromatic carbocycles. The van der Waals surface area contributed by atoms with E-state index >= 15 is 0 Å². The van der Waals surface area contributed by atoms with Crippen molar-refractivity contribution in [3.8, 4) is 6.07 Å². The second-order valence-corrected chi connectivity index (χ2v) is 6.66. The summed E-state index contributed by atoms with van der Waals surface area (Å²) in [6, 6.07) is 22.2. The second-order valence-electron chi connectivity index (χ2n) is 6.66. The lowest BCUT2D eigenvalue weighted by Gasteiger charge is -2.28. The quantitative estimate of drug-likeness (QED) is 0.517. The number of carbonyl (C=O) groups excluding carboxylic acids is 2. The fraction of sp³-hybridized carbons (Fsp3) is 0.348. The molecule has 5 heteroatoms. The van der Waals surface area contributed by atoms with Gasteiger partial charge in [0.05, 0.1) is 6.07 Å². The van der Waals surface area contributed by atoms with Crippen LogP contribution in [0.1, 0.15) is 56.6 Å². The van der Waals surface area contributed by atoms with Crippen LogP contribution in [-0.4, -0.2) is 11.9 Å². The van der Waals surface area contributed by atoms with Crippen molar-refractivity contribution in [2.75, 3.05) is 0 Å². The van der Waals surface area contributed by atoms with Crippen LogP contribution in [0.4, 0.5) is 0 Å².